The number of hydrogen-bond acceptors (Lipinski definition) is 9. The standard InChI is InChI=1S/C44H78NO10P/c1-3-5-7-9-11-13-15-17-19-20-22-23-25-27-29-31-33-35-42(46)52-37-40(38-53-56(50,51)54-39-41(45)44(48)49)55-43(47)36-34-32-30-28-26-24-21-18-16-14-12-10-8-6-4-2/h11-14,17-19,21,40-41H,3-10,15-16,20,22-39,45H2,1-2H3,(H,48,49)(H,50,51)/b13-11-,14-12-,19-17-,21-18-/t40-,41+/m1/s1. The van der Waals surface area contributed by atoms with Crippen LogP contribution in [0.5, 0.6) is 0 Å². The van der Waals surface area contributed by atoms with Crippen LogP contribution in [0.15, 0.2) is 48.6 Å². The summed E-state index contributed by atoms with van der Waals surface area (Å²) in [7, 11) is -4.72. The molecule has 0 aliphatic heterocycles. The average molecular weight is 812 g/mol. The molecular weight excluding hydrogens is 733 g/mol. The molecule has 0 aromatic rings. The minimum atomic E-state index is -4.72. The van der Waals surface area contributed by atoms with Crippen molar-refractivity contribution in [3.63, 3.8) is 0 Å². The van der Waals surface area contributed by atoms with E-state index in [2.05, 4.69) is 67.0 Å². The molecule has 0 aliphatic carbocycles. The van der Waals surface area contributed by atoms with E-state index >= 15 is 0 Å². The number of allylic oxidation sites excluding steroid dienone is 8. The topological polar surface area (TPSA) is 172 Å². The number of carboxylic acid groups (broad SMARTS) is 1. The van der Waals surface area contributed by atoms with E-state index in [1.807, 2.05) is 0 Å². The second kappa shape index (κ2) is 39.3. The van der Waals surface area contributed by atoms with Crippen LogP contribution in [0.2, 0.25) is 0 Å². The van der Waals surface area contributed by atoms with Crippen LogP contribution in [0, 0.1) is 0 Å². The van der Waals surface area contributed by atoms with Crippen molar-refractivity contribution in [2.45, 2.75) is 193 Å². The van der Waals surface area contributed by atoms with E-state index in [-0.39, 0.29) is 19.4 Å². The van der Waals surface area contributed by atoms with Gasteiger partial charge in [0, 0.05) is 12.8 Å². The Bertz CT molecular complexity index is 1140. The van der Waals surface area contributed by atoms with Crippen molar-refractivity contribution >= 4 is 25.7 Å². The number of ether oxygens (including phenoxy) is 2. The molecule has 0 fully saturated rings. The van der Waals surface area contributed by atoms with Crippen molar-refractivity contribution in [3.8, 4) is 0 Å². The lowest BCUT2D eigenvalue weighted by Crippen LogP contribution is -2.34. The van der Waals surface area contributed by atoms with Crippen LogP contribution in [-0.2, 0) is 37.5 Å². The van der Waals surface area contributed by atoms with Crippen molar-refractivity contribution < 1.29 is 47.5 Å². The minimum Gasteiger partial charge on any atom is -0.480 e. The molecule has 3 atom stereocenters. The van der Waals surface area contributed by atoms with Gasteiger partial charge in [-0.25, -0.2) is 4.57 Å². The smallest absolute Gasteiger partial charge is 0.472 e. The monoisotopic (exact) mass is 812 g/mol. The fraction of sp³-hybridized carbons (Fsp3) is 0.750. The Morgan fingerprint density at radius 2 is 0.946 bits per heavy atom. The molecule has 0 aromatic heterocycles. The summed E-state index contributed by atoms with van der Waals surface area (Å²) in [6.45, 7) is 2.72. The summed E-state index contributed by atoms with van der Waals surface area (Å²) in [5, 5.41) is 8.88. The summed E-state index contributed by atoms with van der Waals surface area (Å²) < 4.78 is 32.7. The van der Waals surface area contributed by atoms with Crippen LogP contribution >= 0.6 is 7.82 Å². The summed E-state index contributed by atoms with van der Waals surface area (Å²) in [6.07, 6.45) is 43.1. The molecule has 0 radical (unpaired) electrons. The molecular formula is C44H78NO10P. The molecule has 0 rings (SSSR count). The van der Waals surface area contributed by atoms with Gasteiger partial charge >= 0.3 is 25.7 Å². The van der Waals surface area contributed by atoms with E-state index in [0.717, 1.165) is 77.0 Å². The van der Waals surface area contributed by atoms with Crippen molar-refractivity contribution in [2.75, 3.05) is 19.8 Å². The van der Waals surface area contributed by atoms with Crippen LogP contribution in [-0.4, -0.2) is 59.9 Å². The summed E-state index contributed by atoms with van der Waals surface area (Å²) in [5.41, 5.74) is 5.33. The van der Waals surface area contributed by atoms with Crippen molar-refractivity contribution in [3.05, 3.63) is 48.6 Å². The van der Waals surface area contributed by atoms with Gasteiger partial charge in [-0.3, -0.25) is 23.4 Å². The SMILES string of the molecule is CCCCC/C=C\C/C=C\CCCCCCCCCC(=O)OC[C@H](COP(=O)(O)OC[C@H](N)C(=O)O)OC(=O)CCCCCCC/C=C\C/C=C\CCCCC. The number of nitrogens with two attached hydrogens (primary N) is 1. The lowest BCUT2D eigenvalue weighted by Gasteiger charge is -2.20. The molecule has 56 heavy (non-hydrogen) atoms. The highest BCUT2D eigenvalue weighted by atomic mass is 31.2. The van der Waals surface area contributed by atoms with Gasteiger partial charge in [0.05, 0.1) is 13.2 Å². The fourth-order valence-electron chi connectivity index (χ4n) is 5.59. The zero-order valence-corrected chi connectivity index (χ0v) is 35.9. The third kappa shape index (κ3) is 38.3. The number of phosphoric acid groups is 1. The van der Waals surface area contributed by atoms with Gasteiger partial charge in [0.2, 0.25) is 0 Å². The Labute approximate surface area is 339 Å². The van der Waals surface area contributed by atoms with Crippen LogP contribution in [0.3, 0.4) is 0 Å². The Morgan fingerprint density at radius 3 is 1.39 bits per heavy atom. The zero-order chi connectivity index (χ0) is 41.4. The molecule has 0 aliphatic rings. The first kappa shape index (κ1) is 53.4. The van der Waals surface area contributed by atoms with Gasteiger partial charge in [-0.05, 0) is 77.0 Å². The first-order valence-corrected chi connectivity index (χ1v) is 23.2. The Morgan fingerprint density at radius 1 is 0.554 bits per heavy atom. The first-order chi connectivity index (χ1) is 27.1. The number of carboxylic acids is 1. The lowest BCUT2D eigenvalue weighted by atomic mass is 10.1. The van der Waals surface area contributed by atoms with E-state index in [1.54, 1.807) is 0 Å². The molecule has 324 valence electrons. The number of hydrogen-bond donors (Lipinski definition) is 3. The third-order valence-electron chi connectivity index (χ3n) is 9.05. The van der Waals surface area contributed by atoms with Crippen LogP contribution in [0.1, 0.15) is 181 Å². The number of esters is 2. The predicted octanol–water partition coefficient (Wildman–Crippen LogP) is 11.4. The number of unbranched alkanes of at least 4 members (excludes halogenated alkanes) is 18. The molecule has 0 saturated heterocycles. The minimum absolute atomic E-state index is 0.142. The van der Waals surface area contributed by atoms with E-state index in [9.17, 15) is 23.8 Å². The normalized spacial score (nSPS) is 14.2. The molecule has 0 bridgehead atoms. The van der Waals surface area contributed by atoms with E-state index in [1.165, 1.54) is 64.2 Å². The van der Waals surface area contributed by atoms with Gasteiger partial charge < -0.3 is 25.2 Å². The maximum atomic E-state index is 12.6. The van der Waals surface area contributed by atoms with E-state index in [4.69, 9.17) is 24.8 Å². The van der Waals surface area contributed by atoms with Gasteiger partial charge in [-0.15, -0.1) is 0 Å². The number of carbonyl (C=O) groups excluding carboxylic acids is 2. The van der Waals surface area contributed by atoms with Gasteiger partial charge in [0.1, 0.15) is 12.6 Å². The molecule has 0 aromatic carbocycles. The summed E-state index contributed by atoms with van der Waals surface area (Å²) in [4.78, 5) is 45.9. The van der Waals surface area contributed by atoms with E-state index < -0.39 is 51.1 Å². The average Bonchev–Trinajstić information content (AvgIpc) is 3.17. The van der Waals surface area contributed by atoms with Gasteiger partial charge in [0.25, 0.3) is 0 Å². The number of aliphatic carboxylic acids is 1. The van der Waals surface area contributed by atoms with Gasteiger partial charge in [-0.1, -0.05) is 140 Å². The molecule has 0 heterocycles. The fourth-order valence-corrected chi connectivity index (χ4v) is 6.37. The maximum absolute atomic E-state index is 12.6. The lowest BCUT2D eigenvalue weighted by molar-refractivity contribution is -0.161. The van der Waals surface area contributed by atoms with Crippen LogP contribution in [0.4, 0.5) is 0 Å². The van der Waals surface area contributed by atoms with Crippen molar-refractivity contribution in [1.82, 2.24) is 0 Å². The Balaban J connectivity index is 4.40. The maximum Gasteiger partial charge on any atom is 0.472 e. The molecule has 11 nitrogen and oxygen atoms in total. The van der Waals surface area contributed by atoms with Crippen molar-refractivity contribution in [2.24, 2.45) is 5.73 Å². The molecule has 0 saturated carbocycles. The highest BCUT2D eigenvalue weighted by Crippen LogP contribution is 2.43. The number of carbonyl (C=O) groups is 3. The van der Waals surface area contributed by atoms with Crippen molar-refractivity contribution in [1.29, 1.82) is 0 Å². The van der Waals surface area contributed by atoms with Gasteiger partial charge in [-0.2, -0.15) is 0 Å². The molecule has 12 heteroatoms. The molecule has 1 unspecified atom stereocenters. The molecule has 0 amide bonds. The second-order valence-corrected chi connectivity index (χ2v) is 15.9. The first-order valence-electron chi connectivity index (χ1n) is 21.7. The zero-order valence-electron chi connectivity index (χ0n) is 35.0. The quantitative estimate of drug-likeness (QED) is 0.0233. The summed E-state index contributed by atoms with van der Waals surface area (Å²) in [5.74, 6) is -2.41. The highest BCUT2D eigenvalue weighted by Gasteiger charge is 2.28. The second-order valence-electron chi connectivity index (χ2n) is 14.5. The highest BCUT2D eigenvalue weighted by molar-refractivity contribution is 7.47. The predicted molar refractivity (Wildman–Crippen MR) is 226 cm³/mol. The number of rotatable bonds is 40. The third-order valence-corrected chi connectivity index (χ3v) is 10.0. The Kier molecular flexibility index (Phi) is 37.5. The number of phosphoric ester groups is 1. The van der Waals surface area contributed by atoms with Crippen LogP contribution in [0.25, 0.3) is 0 Å². The van der Waals surface area contributed by atoms with Gasteiger partial charge in [0.15, 0.2) is 6.10 Å². The Hall–Kier alpha value is -2.56. The largest absolute Gasteiger partial charge is 0.480 e. The molecule has 4 N–H and O–H groups in total. The summed E-state index contributed by atoms with van der Waals surface area (Å²) in [6, 6.07) is -1.53. The molecule has 0 spiro atoms. The summed E-state index contributed by atoms with van der Waals surface area (Å²) >= 11 is 0. The van der Waals surface area contributed by atoms with E-state index in [0.29, 0.717) is 12.8 Å². The van der Waals surface area contributed by atoms with Crippen LogP contribution < -0.4 is 5.73 Å².